The largest absolute Gasteiger partial charge is 0.496 e. The fraction of sp³-hybridized carbons (Fsp3) is 0.133. The Morgan fingerprint density at radius 1 is 0.868 bits per heavy atom. The van der Waals surface area contributed by atoms with Gasteiger partial charge in [0.1, 0.15) is 17.2 Å². The fourth-order valence-electron chi connectivity index (χ4n) is 4.68. The highest BCUT2D eigenvalue weighted by Crippen LogP contribution is 2.40. The molecule has 0 radical (unpaired) electrons. The number of carbonyl (C=O) groups excluding carboxylic acids is 1. The van der Waals surface area contributed by atoms with Gasteiger partial charge >= 0.3 is 5.97 Å². The first kappa shape index (κ1) is 26.1. The highest BCUT2D eigenvalue weighted by atomic mass is 16.6. The SMILES string of the molecule is COc1ccc([N+](=O)[O-])cc1C[C@H](NC(=O)C(c1ccccc1)(c1ccccc1)c1ccccc1)C(=O)O. The third-order valence-corrected chi connectivity index (χ3v) is 6.46. The van der Waals surface area contributed by atoms with Gasteiger partial charge in [0.2, 0.25) is 5.91 Å². The third-order valence-electron chi connectivity index (χ3n) is 6.46. The Bertz CT molecular complexity index is 1330. The van der Waals surface area contributed by atoms with Gasteiger partial charge in [-0.3, -0.25) is 14.9 Å². The van der Waals surface area contributed by atoms with Crippen LogP contribution in [0.5, 0.6) is 5.75 Å². The molecule has 4 rings (SSSR count). The molecule has 0 bridgehead atoms. The van der Waals surface area contributed by atoms with Crippen LogP contribution in [-0.2, 0) is 21.4 Å². The number of nitro groups is 1. The zero-order valence-corrected chi connectivity index (χ0v) is 20.6. The Morgan fingerprint density at radius 3 is 1.74 bits per heavy atom. The van der Waals surface area contributed by atoms with Crippen LogP contribution in [0.4, 0.5) is 5.69 Å². The van der Waals surface area contributed by atoms with Crippen molar-refractivity contribution in [3.63, 3.8) is 0 Å². The molecule has 1 amide bonds. The standard InChI is InChI=1S/C30H26N2O6/c1-38-27-18-17-25(32(36)37)19-21(27)20-26(28(33)34)31-29(35)30(22-11-5-2-6-12-22,23-13-7-3-8-14-23)24-15-9-4-10-16-24/h2-19,26H,20H2,1H3,(H,31,35)(H,33,34)/t26-/m0/s1. The second kappa shape index (κ2) is 11.4. The summed E-state index contributed by atoms with van der Waals surface area (Å²) >= 11 is 0. The molecule has 2 N–H and O–H groups in total. The van der Waals surface area contributed by atoms with Gasteiger partial charge < -0.3 is 15.2 Å². The van der Waals surface area contributed by atoms with E-state index in [1.807, 2.05) is 91.0 Å². The van der Waals surface area contributed by atoms with Gasteiger partial charge in [-0.2, -0.15) is 0 Å². The number of aliphatic carboxylic acids is 1. The van der Waals surface area contributed by atoms with Crippen molar-refractivity contribution < 1.29 is 24.4 Å². The molecule has 0 heterocycles. The number of benzene rings is 4. The molecule has 0 aliphatic rings. The van der Waals surface area contributed by atoms with Crippen LogP contribution in [-0.4, -0.2) is 35.1 Å². The van der Waals surface area contributed by atoms with Crippen LogP contribution < -0.4 is 10.1 Å². The molecular formula is C30H26N2O6. The number of non-ortho nitro benzene ring substituents is 1. The molecular weight excluding hydrogens is 484 g/mol. The smallest absolute Gasteiger partial charge is 0.326 e. The first-order valence-electron chi connectivity index (χ1n) is 11.9. The van der Waals surface area contributed by atoms with Crippen molar-refractivity contribution >= 4 is 17.6 Å². The van der Waals surface area contributed by atoms with Crippen molar-refractivity contribution in [3.05, 3.63) is 142 Å². The van der Waals surface area contributed by atoms with E-state index in [-0.39, 0.29) is 17.9 Å². The molecule has 0 aliphatic heterocycles. The summed E-state index contributed by atoms with van der Waals surface area (Å²) in [6, 6.07) is 30.0. The van der Waals surface area contributed by atoms with Gasteiger partial charge in [0.15, 0.2) is 0 Å². The van der Waals surface area contributed by atoms with Gasteiger partial charge in [0, 0.05) is 24.1 Å². The molecule has 0 spiro atoms. The van der Waals surface area contributed by atoms with Crippen molar-refractivity contribution in [2.75, 3.05) is 7.11 Å². The van der Waals surface area contributed by atoms with Crippen LogP contribution in [0.15, 0.2) is 109 Å². The average Bonchev–Trinajstić information content (AvgIpc) is 2.94. The fourth-order valence-corrected chi connectivity index (χ4v) is 4.68. The van der Waals surface area contributed by atoms with Gasteiger partial charge in [-0.05, 0) is 22.8 Å². The summed E-state index contributed by atoms with van der Waals surface area (Å²) in [6.07, 6.45) is -0.222. The average molecular weight is 511 g/mol. The van der Waals surface area contributed by atoms with Gasteiger partial charge in [0.05, 0.1) is 12.0 Å². The van der Waals surface area contributed by atoms with Crippen molar-refractivity contribution in [2.45, 2.75) is 17.9 Å². The highest BCUT2D eigenvalue weighted by Gasteiger charge is 2.45. The number of carboxylic acid groups (broad SMARTS) is 1. The maximum atomic E-state index is 14.4. The van der Waals surface area contributed by atoms with Gasteiger partial charge in [-0.1, -0.05) is 91.0 Å². The summed E-state index contributed by atoms with van der Waals surface area (Å²) in [6.45, 7) is 0. The number of ether oxygens (including phenoxy) is 1. The van der Waals surface area contributed by atoms with Crippen molar-refractivity contribution in [3.8, 4) is 5.75 Å². The summed E-state index contributed by atoms with van der Waals surface area (Å²) in [4.78, 5) is 37.6. The van der Waals surface area contributed by atoms with Gasteiger partial charge in [-0.25, -0.2) is 4.79 Å². The molecule has 1 atom stereocenters. The lowest BCUT2D eigenvalue weighted by molar-refractivity contribution is -0.384. The minimum Gasteiger partial charge on any atom is -0.496 e. The quantitative estimate of drug-likeness (QED) is 0.181. The second-order valence-electron chi connectivity index (χ2n) is 8.67. The number of carboxylic acids is 1. The molecule has 0 saturated heterocycles. The van der Waals surface area contributed by atoms with Crippen LogP contribution in [0.1, 0.15) is 22.3 Å². The van der Waals surface area contributed by atoms with Crippen LogP contribution in [0.2, 0.25) is 0 Å². The Kier molecular flexibility index (Phi) is 7.82. The lowest BCUT2D eigenvalue weighted by atomic mass is 9.68. The van der Waals surface area contributed by atoms with E-state index in [1.54, 1.807) is 0 Å². The number of amides is 1. The van der Waals surface area contributed by atoms with E-state index >= 15 is 0 Å². The normalized spacial score (nSPS) is 11.8. The third kappa shape index (κ3) is 5.10. The molecule has 0 unspecified atom stereocenters. The van der Waals surface area contributed by atoms with Crippen molar-refractivity contribution in [2.24, 2.45) is 0 Å². The number of rotatable bonds is 10. The van der Waals surface area contributed by atoms with Crippen LogP contribution in [0, 0.1) is 10.1 Å². The second-order valence-corrected chi connectivity index (χ2v) is 8.67. The van der Waals surface area contributed by atoms with Crippen LogP contribution in [0.3, 0.4) is 0 Å². The maximum Gasteiger partial charge on any atom is 0.326 e. The molecule has 192 valence electrons. The van der Waals surface area contributed by atoms with E-state index < -0.39 is 28.3 Å². The maximum absolute atomic E-state index is 14.4. The molecule has 4 aromatic rings. The molecule has 8 nitrogen and oxygen atoms in total. The zero-order chi connectivity index (χ0) is 27.1. The zero-order valence-electron chi connectivity index (χ0n) is 20.6. The van der Waals surface area contributed by atoms with Crippen molar-refractivity contribution in [1.82, 2.24) is 5.32 Å². The molecule has 38 heavy (non-hydrogen) atoms. The summed E-state index contributed by atoms with van der Waals surface area (Å²) in [5.41, 5.74) is 0.693. The number of nitrogens with zero attached hydrogens (tertiary/aromatic N) is 1. The minimum absolute atomic E-state index is 0.205. The molecule has 0 saturated carbocycles. The number of hydrogen-bond donors (Lipinski definition) is 2. The molecule has 0 aromatic heterocycles. The minimum atomic E-state index is -1.39. The predicted octanol–water partition coefficient (Wildman–Crippen LogP) is 4.75. The number of carbonyl (C=O) groups is 2. The number of nitrogens with one attached hydrogen (secondary N) is 1. The molecule has 0 aliphatic carbocycles. The number of hydrogen-bond acceptors (Lipinski definition) is 5. The lowest BCUT2D eigenvalue weighted by Crippen LogP contribution is -2.52. The molecule has 8 heteroatoms. The summed E-state index contributed by atoms with van der Waals surface area (Å²) < 4.78 is 5.31. The Balaban J connectivity index is 1.84. The monoisotopic (exact) mass is 510 g/mol. The van der Waals surface area contributed by atoms with E-state index in [0.717, 1.165) is 0 Å². The molecule has 4 aromatic carbocycles. The van der Waals surface area contributed by atoms with E-state index in [0.29, 0.717) is 22.3 Å². The summed E-state index contributed by atoms with van der Waals surface area (Å²) in [5, 5.41) is 24.2. The van der Waals surface area contributed by atoms with Crippen LogP contribution in [0.25, 0.3) is 0 Å². The highest BCUT2D eigenvalue weighted by molar-refractivity contribution is 5.98. The first-order valence-corrected chi connectivity index (χ1v) is 11.9. The Morgan fingerprint density at radius 2 is 1.34 bits per heavy atom. The van der Waals surface area contributed by atoms with E-state index in [4.69, 9.17) is 4.74 Å². The molecule has 0 fully saturated rings. The lowest BCUT2D eigenvalue weighted by Gasteiger charge is -2.35. The van der Waals surface area contributed by atoms with Crippen molar-refractivity contribution in [1.29, 1.82) is 0 Å². The number of methoxy groups -OCH3 is 1. The van der Waals surface area contributed by atoms with E-state index in [1.165, 1.54) is 25.3 Å². The van der Waals surface area contributed by atoms with E-state index in [2.05, 4.69) is 5.32 Å². The number of nitro benzene ring substituents is 1. The van der Waals surface area contributed by atoms with Gasteiger partial charge in [0.25, 0.3) is 5.69 Å². The summed E-state index contributed by atoms with van der Waals surface area (Å²) in [5.74, 6) is -1.54. The summed E-state index contributed by atoms with van der Waals surface area (Å²) in [7, 11) is 1.39. The Labute approximate surface area is 219 Å². The topological polar surface area (TPSA) is 119 Å². The van der Waals surface area contributed by atoms with E-state index in [9.17, 15) is 24.8 Å². The Hall–Kier alpha value is -4.98. The predicted molar refractivity (Wildman–Crippen MR) is 142 cm³/mol. The van der Waals surface area contributed by atoms with Crippen LogP contribution >= 0.6 is 0 Å². The van der Waals surface area contributed by atoms with Gasteiger partial charge in [-0.15, -0.1) is 0 Å². The first-order chi connectivity index (χ1) is 18.4.